The zero-order valence-electron chi connectivity index (χ0n) is 17.1. The first-order valence-corrected chi connectivity index (χ1v) is 11.0. The molecule has 1 fully saturated rings. The lowest BCUT2D eigenvalue weighted by Crippen LogP contribution is -2.50. The zero-order chi connectivity index (χ0) is 21.0. The van der Waals surface area contributed by atoms with Crippen molar-refractivity contribution in [1.82, 2.24) is 20.1 Å². The Kier molecular flexibility index (Phi) is 6.93. The molecule has 6 nitrogen and oxygen atoms in total. The highest BCUT2D eigenvalue weighted by atomic mass is 35.5. The molecule has 1 aromatic carbocycles. The minimum atomic E-state index is -0.294. The van der Waals surface area contributed by atoms with Gasteiger partial charge in [-0.2, -0.15) is 0 Å². The van der Waals surface area contributed by atoms with Gasteiger partial charge < -0.3 is 10.2 Å². The van der Waals surface area contributed by atoms with Crippen LogP contribution in [-0.2, 0) is 16.8 Å². The Balaban J connectivity index is 1.43. The van der Waals surface area contributed by atoms with E-state index in [0.29, 0.717) is 23.7 Å². The minimum Gasteiger partial charge on any atom is -0.343 e. The van der Waals surface area contributed by atoms with Crippen molar-refractivity contribution in [3.63, 3.8) is 0 Å². The van der Waals surface area contributed by atoms with Crippen molar-refractivity contribution in [2.45, 2.75) is 32.7 Å². The Morgan fingerprint density at radius 2 is 1.93 bits per heavy atom. The SMILES string of the molecule is CC(C)(C)c1nc(CN2CCN(C(=O)CNC(=O)c3cccc(Cl)c3)CC2)cs1. The predicted molar refractivity (Wildman–Crippen MR) is 116 cm³/mol. The van der Waals surface area contributed by atoms with E-state index in [9.17, 15) is 9.59 Å². The third-order valence-corrected chi connectivity index (χ3v) is 6.34. The molecule has 0 radical (unpaired) electrons. The number of nitrogens with one attached hydrogen (secondary N) is 1. The van der Waals surface area contributed by atoms with Gasteiger partial charge in [0.15, 0.2) is 0 Å². The van der Waals surface area contributed by atoms with Crippen LogP contribution in [-0.4, -0.2) is 59.3 Å². The summed E-state index contributed by atoms with van der Waals surface area (Å²) in [5.74, 6) is -0.360. The molecule has 0 aliphatic carbocycles. The molecule has 0 unspecified atom stereocenters. The van der Waals surface area contributed by atoms with Crippen molar-refractivity contribution < 1.29 is 9.59 Å². The van der Waals surface area contributed by atoms with Crippen molar-refractivity contribution >= 4 is 34.8 Å². The largest absolute Gasteiger partial charge is 0.343 e. The predicted octanol–water partition coefficient (Wildman–Crippen LogP) is 3.17. The van der Waals surface area contributed by atoms with Crippen LogP contribution in [0.2, 0.25) is 5.02 Å². The zero-order valence-corrected chi connectivity index (χ0v) is 18.6. The second-order valence-corrected chi connectivity index (χ2v) is 9.54. The van der Waals surface area contributed by atoms with E-state index in [1.807, 2.05) is 0 Å². The topological polar surface area (TPSA) is 65.5 Å². The molecule has 2 aromatic rings. The summed E-state index contributed by atoms with van der Waals surface area (Å²) < 4.78 is 0. The third-order valence-electron chi connectivity index (χ3n) is 4.79. The summed E-state index contributed by atoms with van der Waals surface area (Å²) in [4.78, 5) is 33.5. The molecule has 1 N–H and O–H groups in total. The molecule has 0 atom stereocenters. The Hall–Kier alpha value is -1.96. The van der Waals surface area contributed by atoms with Crippen molar-refractivity contribution in [1.29, 1.82) is 0 Å². The van der Waals surface area contributed by atoms with Crippen LogP contribution in [0.25, 0.3) is 0 Å². The molecule has 1 aliphatic rings. The minimum absolute atomic E-state index is 0.00756. The standard InChI is InChI=1S/C21H27ClN4O2S/c1-21(2,3)20-24-17(14-29-20)13-25-7-9-26(10-8-25)18(27)12-23-19(28)15-5-4-6-16(22)11-15/h4-6,11,14H,7-10,12-13H2,1-3H3,(H,23,28). The van der Waals surface area contributed by atoms with Crippen molar-refractivity contribution in [2.75, 3.05) is 32.7 Å². The summed E-state index contributed by atoms with van der Waals surface area (Å²) >= 11 is 7.61. The highest BCUT2D eigenvalue weighted by molar-refractivity contribution is 7.09. The van der Waals surface area contributed by atoms with Crippen molar-refractivity contribution in [3.05, 3.63) is 50.9 Å². The smallest absolute Gasteiger partial charge is 0.251 e. The molecule has 2 heterocycles. The summed E-state index contributed by atoms with van der Waals surface area (Å²) in [6.45, 7) is 10.2. The van der Waals surface area contributed by atoms with Crippen LogP contribution in [0.5, 0.6) is 0 Å². The lowest BCUT2D eigenvalue weighted by molar-refractivity contribution is -0.131. The van der Waals surface area contributed by atoms with Gasteiger partial charge in [-0.05, 0) is 18.2 Å². The molecule has 0 bridgehead atoms. The van der Waals surface area contributed by atoms with Gasteiger partial charge in [-0.3, -0.25) is 14.5 Å². The molecule has 156 valence electrons. The van der Waals surface area contributed by atoms with Gasteiger partial charge in [-0.25, -0.2) is 4.98 Å². The lowest BCUT2D eigenvalue weighted by Gasteiger charge is -2.34. The summed E-state index contributed by atoms with van der Waals surface area (Å²) in [5.41, 5.74) is 1.62. The molecular weight excluding hydrogens is 408 g/mol. The van der Waals surface area contributed by atoms with Crippen LogP contribution >= 0.6 is 22.9 Å². The highest BCUT2D eigenvalue weighted by Gasteiger charge is 2.23. The maximum atomic E-state index is 12.4. The van der Waals surface area contributed by atoms with E-state index < -0.39 is 0 Å². The summed E-state index contributed by atoms with van der Waals surface area (Å²) in [5, 5.41) is 6.45. The quantitative estimate of drug-likeness (QED) is 0.784. The third kappa shape index (κ3) is 6.01. The average Bonchev–Trinajstić information content (AvgIpc) is 3.15. The molecule has 1 aromatic heterocycles. The number of hydrogen-bond acceptors (Lipinski definition) is 5. The Bertz CT molecular complexity index is 870. The fraction of sp³-hybridized carbons (Fsp3) is 0.476. The number of amides is 2. The number of carbonyl (C=O) groups is 2. The second-order valence-electron chi connectivity index (χ2n) is 8.24. The van der Waals surface area contributed by atoms with Crippen LogP contribution in [0.4, 0.5) is 0 Å². The number of carbonyl (C=O) groups excluding carboxylic acids is 2. The van der Waals surface area contributed by atoms with Crippen LogP contribution in [0.1, 0.15) is 41.8 Å². The van der Waals surface area contributed by atoms with Crippen molar-refractivity contribution in [2.24, 2.45) is 0 Å². The molecule has 2 amide bonds. The number of halogens is 1. The van der Waals surface area contributed by atoms with E-state index in [0.717, 1.165) is 30.3 Å². The van der Waals surface area contributed by atoms with E-state index in [-0.39, 0.29) is 23.8 Å². The average molecular weight is 435 g/mol. The fourth-order valence-corrected chi connectivity index (χ4v) is 4.20. The van der Waals surface area contributed by atoms with Gasteiger partial charge in [-0.1, -0.05) is 38.4 Å². The number of piperazine rings is 1. The van der Waals surface area contributed by atoms with Crippen molar-refractivity contribution in [3.8, 4) is 0 Å². The molecule has 1 aliphatic heterocycles. The molecule has 1 saturated heterocycles. The molecule has 29 heavy (non-hydrogen) atoms. The van der Waals surface area contributed by atoms with Gasteiger partial charge in [0.2, 0.25) is 5.91 Å². The number of nitrogens with zero attached hydrogens (tertiary/aromatic N) is 3. The number of benzene rings is 1. The normalized spacial score (nSPS) is 15.4. The first kappa shape index (κ1) is 21.7. The first-order valence-electron chi connectivity index (χ1n) is 9.71. The molecular formula is C21H27ClN4O2S. The number of rotatable bonds is 5. The first-order chi connectivity index (χ1) is 13.7. The van der Waals surface area contributed by atoms with Gasteiger partial charge in [0.25, 0.3) is 5.91 Å². The van der Waals surface area contributed by atoms with Gasteiger partial charge in [-0.15, -0.1) is 11.3 Å². The van der Waals surface area contributed by atoms with Crippen LogP contribution in [0.15, 0.2) is 29.6 Å². The van der Waals surface area contributed by atoms with Crippen LogP contribution in [0.3, 0.4) is 0 Å². The van der Waals surface area contributed by atoms with Crippen LogP contribution in [0, 0.1) is 0 Å². The highest BCUT2D eigenvalue weighted by Crippen LogP contribution is 2.26. The van der Waals surface area contributed by atoms with E-state index in [4.69, 9.17) is 16.6 Å². The van der Waals surface area contributed by atoms with Gasteiger partial charge >= 0.3 is 0 Å². The van der Waals surface area contributed by atoms with E-state index in [1.165, 1.54) is 0 Å². The monoisotopic (exact) mass is 434 g/mol. The second kappa shape index (κ2) is 9.24. The van der Waals surface area contributed by atoms with E-state index in [2.05, 4.69) is 36.4 Å². The lowest BCUT2D eigenvalue weighted by atomic mass is 9.98. The molecule has 0 spiro atoms. The number of hydrogen-bond donors (Lipinski definition) is 1. The van der Waals surface area contributed by atoms with E-state index >= 15 is 0 Å². The molecule has 3 rings (SSSR count). The summed E-state index contributed by atoms with van der Waals surface area (Å²) in [6, 6.07) is 6.68. The van der Waals surface area contributed by atoms with E-state index in [1.54, 1.807) is 40.5 Å². The fourth-order valence-electron chi connectivity index (χ4n) is 3.11. The Morgan fingerprint density at radius 3 is 2.55 bits per heavy atom. The Labute approximate surface area is 180 Å². The van der Waals surface area contributed by atoms with Gasteiger partial charge in [0, 0.05) is 54.1 Å². The maximum absolute atomic E-state index is 12.4. The number of aromatic nitrogens is 1. The molecule has 0 saturated carbocycles. The van der Waals surface area contributed by atoms with Gasteiger partial charge in [0.1, 0.15) is 0 Å². The number of thiazole rings is 1. The maximum Gasteiger partial charge on any atom is 0.251 e. The summed E-state index contributed by atoms with van der Waals surface area (Å²) in [7, 11) is 0. The molecule has 8 heteroatoms. The van der Waals surface area contributed by atoms with Gasteiger partial charge in [0.05, 0.1) is 17.2 Å². The van der Waals surface area contributed by atoms with Crippen LogP contribution < -0.4 is 5.32 Å². The summed E-state index contributed by atoms with van der Waals surface area (Å²) in [6.07, 6.45) is 0. The Morgan fingerprint density at radius 1 is 1.21 bits per heavy atom.